The van der Waals surface area contributed by atoms with Crippen molar-refractivity contribution in [3.05, 3.63) is 42.4 Å². The first-order valence-electron chi connectivity index (χ1n) is 8.66. The van der Waals surface area contributed by atoms with Crippen molar-refractivity contribution in [3.8, 4) is 10.6 Å². The maximum atomic E-state index is 11.7. The van der Waals surface area contributed by atoms with Crippen molar-refractivity contribution in [2.75, 3.05) is 25.1 Å². The number of aromatic nitrogens is 2. The molecule has 2 N–H and O–H groups in total. The normalized spacial score (nSPS) is 26.4. The number of nitrogens with zero attached hydrogens (tertiary/aromatic N) is 2. The lowest BCUT2D eigenvalue weighted by Gasteiger charge is -2.18. The molecule has 1 amide bonds. The molecule has 2 aromatic rings. The molecule has 4 heterocycles. The average molecular weight is 388 g/mol. The summed E-state index contributed by atoms with van der Waals surface area (Å²) in [7, 11) is 0. The number of fused-ring (bicyclic) bond motifs is 1. The lowest BCUT2D eigenvalue weighted by Crippen LogP contribution is -2.39. The summed E-state index contributed by atoms with van der Waals surface area (Å²) in [6.07, 6.45) is 1.84. The number of anilines is 1. The van der Waals surface area contributed by atoms with Gasteiger partial charge >= 0.3 is 6.09 Å². The van der Waals surface area contributed by atoms with Gasteiger partial charge in [0.2, 0.25) is 5.95 Å². The minimum absolute atomic E-state index is 0.113. The number of carbonyl (C=O) groups excluding carboxylic acids is 1. The Labute approximate surface area is 160 Å². The van der Waals surface area contributed by atoms with Gasteiger partial charge in [0, 0.05) is 12.7 Å². The summed E-state index contributed by atoms with van der Waals surface area (Å²) in [6, 6.07) is 5.77. The van der Waals surface area contributed by atoms with Gasteiger partial charge in [0.15, 0.2) is 6.10 Å². The van der Waals surface area contributed by atoms with Crippen LogP contribution in [0.4, 0.5) is 10.7 Å². The third kappa shape index (κ3) is 3.95. The summed E-state index contributed by atoms with van der Waals surface area (Å²) in [5.41, 5.74) is 0.866. The molecule has 2 fully saturated rings. The number of rotatable bonds is 6. The highest BCUT2D eigenvalue weighted by atomic mass is 32.1. The lowest BCUT2D eigenvalue weighted by atomic mass is 10.1. The Morgan fingerprint density at radius 2 is 2.26 bits per heavy atom. The summed E-state index contributed by atoms with van der Waals surface area (Å²) in [6.45, 7) is 4.62. The number of hydrogen-bond donors (Lipinski definition) is 2. The molecule has 2 aromatic heterocycles. The average Bonchev–Trinajstić information content (AvgIpc) is 3.41. The number of nitrogens with one attached hydrogen (secondary N) is 2. The fourth-order valence-corrected chi connectivity index (χ4v) is 3.87. The predicted octanol–water partition coefficient (Wildman–Crippen LogP) is 2.06. The van der Waals surface area contributed by atoms with Gasteiger partial charge in [-0.1, -0.05) is 12.1 Å². The molecule has 0 aromatic carbocycles. The predicted molar refractivity (Wildman–Crippen MR) is 101 cm³/mol. The summed E-state index contributed by atoms with van der Waals surface area (Å²) < 4.78 is 17.0. The lowest BCUT2D eigenvalue weighted by molar-refractivity contribution is 0.00475. The Morgan fingerprint density at radius 3 is 3.07 bits per heavy atom. The third-order valence-corrected chi connectivity index (χ3v) is 5.29. The minimum atomic E-state index is -0.504. The Balaban J connectivity index is 1.37. The Bertz CT molecular complexity index is 800. The maximum Gasteiger partial charge on any atom is 0.407 e. The van der Waals surface area contributed by atoms with Crippen molar-refractivity contribution in [2.24, 2.45) is 0 Å². The molecule has 2 aliphatic rings. The SMILES string of the molecule is C=CCNC(=O)O[C@@H]1CO[C@H]2[C@@H]1OC[C@@H]2Nc1nccc(-c2cccs2)n1. The molecule has 4 atom stereocenters. The molecule has 4 rings (SSSR count). The topological polar surface area (TPSA) is 94.6 Å². The minimum Gasteiger partial charge on any atom is -0.441 e. The van der Waals surface area contributed by atoms with Gasteiger partial charge in [-0.2, -0.15) is 0 Å². The van der Waals surface area contributed by atoms with Gasteiger partial charge in [0.1, 0.15) is 12.2 Å². The fraction of sp³-hybridized carbons (Fsp3) is 0.389. The number of hydrogen-bond acceptors (Lipinski definition) is 8. The fourth-order valence-electron chi connectivity index (χ4n) is 3.18. The molecule has 0 aliphatic carbocycles. The Hall–Kier alpha value is -2.49. The van der Waals surface area contributed by atoms with Crippen LogP contribution in [0, 0.1) is 0 Å². The van der Waals surface area contributed by atoms with Crippen LogP contribution in [-0.2, 0) is 14.2 Å². The van der Waals surface area contributed by atoms with E-state index in [4.69, 9.17) is 14.2 Å². The van der Waals surface area contributed by atoms with Crippen LogP contribution < -0.4 is 10.6 Å². The highest BCUT2D eigenvalue weighted by Gasteiger charge is 2.49. The molecule has 0 bridgehead atoms. The van der Waals surface area contributed by atoms with Gasteiger partial charge in [0.05, 0.1) is 29.8 Å². The van der Waals surface area contributed by atoms with Crippen LogP contribution in [0.25, 0.3) is 10.6 Å². The molecule has 2 saturated heterocycles. The monoisotopic (exact) mass is 388 g/mol. The van der Waals surface area contributed by atoms with E-state index in [1.165, 1.54) is 0 Å². The van der Waals surface area contributed by atoms with Gasteiger partial charge < -0.3 is 24.8 Å². The second-order valence-electron chi connectivity index (χ2n) is 6.20. The van der Waals surface area contributed by atoms with Crippen molar-refractivity contribution >= 4 is 23.4 Å². The third-order valence-electron chi connectivity index (χ3n) is 4.40. The molecule has 8 nitrogen and oxygen atoms in total. The van der Waals surface area contributed by atoms with Crippen LogP contribution in [0.15, 0.2) is 42.4 Å². The van der Waals surface area contributed by atoms with Crippen molar-refractivity contribution in [2.45, 2.75) is 24.4 Å². The number of ether oxygens (including phenoxy) is 3. The zero-order valence-electron chi connectivity index (χ0n) is 14.5. The number of thiophene rings is 1. The van der Waals surface area contributed by atoms with E-state index >= 15 is 0 Å². The molecular weight excluding hydrogens is 368 g/mol. The second-order valence-corrected chi connectivity index (χ2v) is 7.15. The first kappa shape index (κ1) is 17.9. The van der Waals surface area contributed by atoms with Crippen LogP contribution in [-0.4, -0.2) is 60.2 Å². The Kier molecular flexibility index (Phi) is 5.33. The highest BCUT2D eigenvalue weighted by molar-refractivity contribution is 7.13. The first-order valence-corrected chi connectivity index (χ1v) is 9.54. The molecule has 9 heteroatoms. The van der Waals surface area contributed by atoms with Crippen LogP contribution in [0.2, 0.25) is 0 Å². The van der Waals surface area contributed by atoms with E-state index in [2.05, 4.69) is 27.2 Å². The van der Waals surface area contributed by atoms with E-state index < -0.39 is 12.2 Å². The van der Waals surface area contributed by atoms with Crippen molar-refractivity contribution < 1.29 is 19.0 Å². The summed E-state index contributed by atoms with van der Waals surface area (Å²) in [5.74, 6) is 0.520. The Morgan fingerprint density at radius 1 is 1.37 bits per heavy atom. The van der Waals surface area contributed by atoms with Gasteiger partial charge in [-0.3, -0.25) is 0 Å². The van der Waals surface area contributed by atoms with E-state index in [1.54, 1.807) is 23.6 Å². The largest absolute Gasteiger partial charge is 0.441 e. The van der Waals surface area contributed by atoms with Gasteiger partial charge in [-0.15, -0.1) is 17.9 Å². The highest BCUT2D eigenvalue weighted by Crippen LogP contribution is 2.30. The van der Waals surface area contributed by atoms with Crippen molar-refractivity contribution in [1.82, 2.24) is 15.3 Å². The summed E-state index contributed by atoms with van der Waals surface area (Å²) in [4.78, 5) is 21.7. The zero-order valence-corrected chi connectivity index (χ0v) is 15.4. The molecule has 0 spiro atoms. The van der Waals surface area contributed by atoms with E-state index in [0.717, 1.165) is 10.6 Å². The molecule has 0 unspecified atom stereocenters. The molecule has 142 valence electrons. The van der Waals surface area contributed by atoms with Gasteiger partial charge in [-0.25, -0.2) is 14.8 Å². The summed E-state index contributed by atoms with van der Waals surface area (Å²) >= 11 is 1.63. The number of amides is 1. The molecular formula is C18H20N4O4S. The quantitative estimate of drug-likeness (QED) is 0.732. The van der Waals surface area contributed by atoms with Crippen molar-refractivity contribution in [3.63, 3.8) is 0 Å². The standard InChI is InChI=1S/C18H20N4O4S/c1-2-6-20-18(23)26-13-10-25-15-12(9-24-16(13)15)22-17-19-7-5-11(21-17)14-4-3-8-27-14/h2-5,7-8,12-13,15-16H,1,6,9-10H2,(H,20,23)(H,19,21,22)/t12-,13+,15+,16+/m0/s1. The molecule has 0 saturated carbocycles. The number of carbonyl (C=O) groups is 1. The zero-order chi connectivity index (χ0) is 18.6. The summed E-state index contributed by atoms with van der Waals surface area (Å²) in [5, 5.41) is 7.88. The van der Waals surface area contributed by atoms with E-state index in [0.29, 0.717) is 25.7 Å². The smallest absolute Gasteiger partial charge is 0.407 e. The molecule has 27 heavy (non-hydrogen) atoms. The first-order chi connectivity index (χ1) is 13.2. The number of alkyl carbamates (subject to hydrolysis) is 1. The second kappa shape index (κ2) is 8.03. The van der Waals surface area contributed by atoms with Crippen molar-refractivity contribution in [1.29, 1.82) is 0 Å². The van der Waals surface area contributed by atoms with Crippen LogP contribution in [0.3, 0.4) is 0 Å². The van der Waals surface area contributed by atoms with E-state index in [-0.39, 0.29) is 18.2 Å². The van der Waals surface area contributed by atoms with E-state index in [1.807, 2.05) is 23.6 Å². The van der Waals surface area contributed by atoms with Crippen LogP contribution >= 0.6 is 11.3 Å². The molecule has 0 radical (unpaired) electrons. The van der Waals surface area contributed by atoms with E-state index in [9.17, 15) is 4.79 Å². The van der Waals surface area contributed by atoms with Gasteiger partial charge in [0.25, 0.3) is 0 Å². The van der Waals surface area contributed by atoms with Gasteiger partial charge in [-0.05, 0) is 17.5 Å². The maximum absolute atomic E-state index is 11.7. The van der Waals surface area contributed by atoms with Crippen LogP contribution in [0.5, 0.6) is 0 Å². The molecule has 2 aliphatic heterocycles. The van der Waals surface area contributed by atoms with Crippen LogP contribution in [0.1, 0.15) is 0 Å².